The number of furan rings is 1. The molecule has 0 radical (unpaired) electrons. The second kappa shape index (κ2) is 10.3. The number of carbonyl (C=O) groups excluding carboxylic acids is 2. The molecule has 0 atom stereocenters. The third kappa shape index (κ3) is 4.77. The molecular weight excluding hydrogens is 513 g/mol. The summed E-state index contributed by atoms with van der Waals surface area (Å²) < 4.78 is 30.2. The van der Waals surface area contributed by atoms with Crippen LogP contribution >= 0.6 is 0 Å². The van der Waals surface area contributed by atoms with E-state index in [4.69, 9.17) is 13.9 Å². The zero-order valence-electron chi connectivity index (χ0n) is 21.9. The number of methoxy groups -OCH3 is 2. The number of ether oxygens (including phenoxy) is 2. The summed E-state index contributed by atoms with van der Waals surface area (Å²) in [5.74, 6) is 1.22. The monoisotopic (exact) mass is 539 g/mol. The van der Waals surface area contributed by atoms with Gasteiger partial charge in [0.15, 0.2) is 17.3 Å². The molecule has 202 valence electrons. The van der Waals surface area contributed by atoms with Gasteiger partial charge >= 0.3 is 0 Å². The van der Waals surface area contributed by atoms with Crippen LogP contribution < -0.4 is 14.8 Å². The number of halogens is 1. The fourth-order valence-corrected chi connectivity index (χ4v) is 4.96. The maximum Gasteiger partial charge on any atom is 0.289 e. The third-order valence-corrected chi connectivity index (χ3v) is 7.08. The minimum atomic E-state index is -0.361. The number of aromatic amines is 1. The molecule has 0 saturated carbocycles. The van der Waals surface area contributed by atoms with Gasteiger partial charge in [-0.05, 0) is 90.3 Å². The summed E-state index contributed by atoms with van der Waals surface area (Å²) >= 11 is 0. The number of hydrogen-bond acceptors (Lipinski definition) is 5. The van der Waals surface area contributed by atoms with Gasteiger partial charge in [0, 0.05) is 35.2 Å². The lowest BCUT2D eigenvalue weighted by molar-refractivity contribution is 0.0703. The summed E-state index contributed by atoms with van der Waals surface area (Å²) in [5.41, 5.74) is 4.50. The minimum absolute atomic E-state index is 0.186. The molecule has 9 heteroatoms. The van der Waals surface area contributed by atoms with Crippen molar-refractivity contribution in [1.82, 2.24) is 9.88 Å². The number of rotatable bonds is 6. The average molecular weight is 540 g/mol. The van der Waals surface area contributed by atoms with E-state index < -0.39 is 0 Å². The third-order valence-electron chi connectivity index (χ3n) is 7.08. The standard InChI is InChI=1S/C31H26FN3O5/c1-38-28-15-19-11-12-35(17-21(19)16-29(28)39-2)31(37)27-10-9-26(40-27)18-3-6-23(7-4-18)33-30(36)25-14-20-13-22(32)5-8-24(20)34-25/h3-10,13-16,34H,11-12,17H2,1-2H3,(H,33,36). The second-order valence-corrected chi connectivity index (χ2v) is 9.56. The predicted octanol–water partition coefficient (Wildman–Crippen LogP) is 6.04. The highest BCUT2D eigenvalue weighted by Crippen LogP contribution is 2.34. The maximum absolute atomic E-state index is 13.5. The summed E-state index contributed by atoms with van der Waals surface area (Å²) in [7, 11) is 3.20. The fraction of sp³-hybridized carbons (Fsp3) is 0.161. The van der Waals surface area contributed by atoms with Crippen LogP contribution in [0, 0.1) is 5.82 Å². The highest BCUT2D eigenvalue weighted by Gasteiger charge is 2.26. The van der Waals surface area contributed by atoms with E-state index in [2.05, 4.69) is 10.3 Å². The van der Waals surface area contributed by atoms with Crippen molar-refractivity contribution in [3.8, 4) is 22.8 Å². The quantitative estimate of drug-likeness (QED) is 0.275. The Balaban J connectivity index is 1.12. The molecule has 1 aliphatic rings. The number of benzene rings is 3. The molecule has 0 spiro atoms. The Labute approximate surface area is 229 Å². The number of anilines is 1. The largest absolute Gasteiger partial charge is 0.493 e. The van der Waals surface area contributed by atoms with Gasteiger partial charge in [0.1, 0.15) is 17.3 Å². The minimum Gasteiger partial charge on any atom is -0.493 e. The molecule has 0 aliphatic carbocycles. The zero-order valence-corrected chi connectivity index (χ0v) is 21.9. The van der Waals surface area contributed by atoms with Gasteiger partial charge in [0.2, 0.25) is 0 Å². The molecule has 0 saturated heterocycles. The molecule has 2 N–H and O–H groups in total. The van der Waals surface area contributed by atoms with E-state index in [0.29, 0.717) is 59.1 Å². The summed E-state index contributed by atoms with van der Waals surface area (Å²) in [6.07, 6.45) is 0.706. The van der Waals surface area contributed by atoms with Gasteiger partial charge in [-0.3, -0.25) is 9.59 Å². The Hall–Kier alpha value is -5.05. The van der Waals surface area contributed by atoms with Crippen molar-refractivity contribution < 1.29 is 27.9 Å². The molecule has 8 nitrogen and oxygen atoms in total. The second-order valence-electron chi connectivity index (χ2n) is 9.56. The summed E-state index contributed by atoms with van der Waals surface area (Å²) in [4.78, 5) is 30.7. The molecule has 3 heterocycles. The van der Waals surface area contributed by atoms with Crippen LogP contribution in [0.5, 0.6) is 11.5 Å². The van der Waals surface area contributed by atoms with Crippen LogP contribution in [0.3, 0.4) is 0 Å². The normalized spacial score (nSPS) is 12.7. The van der Waals surface area contributed by atoms with Gasteiger partial charge < -0.3 is 29.1 Å². The molecule has 0 unspecified atom stereocenters. The summed E-state index contributed by atoms with van der Waals surface area (Å²) in [6.45, 7) is 1.02. The van der Waals surface area contributed by atoms with Crippen molar-refractivity contribution in [2.45, 2.75) is 13.0 Å². The van der Waals surface area contributed by atoms with Gasteiger partial charge in [-0.25, -0.2) is 4.39 Å². The topological polar surface area (TPSA) is 96.8 Å². The first-order valence-electron chi connectivity index (χ1n) is 12.7. The van der Waals surface area contributed by atoms with Gasteiger partial charge in [0.05, 0.1) is 14.2 Å². The van der Waals surface area contributed by atoms with E-state index >= 15 is 0 Å². The van der Waals surface area contributed by atoms with E-state index in [1.165, 1.54) is 12.1 Å². The van der Waals surface area contributed by atoms with Crippen molar-refractivity contribution in [3.63, 3.8) is 0 Å². The SMILES string of the molecule is COc1cc2c(cc1OC)CN(C(=O)c1ccc(-c3ccc(NC(=O)c4cc5cc(F)ccc5[nH]4)cc3)o1)CC2. The highest BCUT2D eigenvalue weighted by molar-refractivity contribution is 6.06. The van der Waals surface area contributed by atoms with Crippen molar-refractivity contribution in [3.05, 3.63) is 101 Å². The van der Waals surface area contributed by atoms with E-state index in [1.54, 1.807) is 67.7 Å². The number of nitrogens with one attached hydrogen (secondary N) is 2. The lowest BCUT2D eigenvalue weighted by Crippen LogP contribution is -2.35. The number of carbonyl (C=O) groups is 2. The van der Waals surface area contributed by atoms with Gasteiger partial charge in [-0.2, -0.15) is 0 Å². The molecule has 40 heavy (non-hydrogen) atoms. The average Bonchev–Trinajstić information content (AvgIpc) is 3.64. The molecule has 6 rings (SSSR count). The Morgan fingerprint density at radius 3 is 2.42 bits per heavy atom. The molecule has 2 aromatic heterocycles. The lowest BCUT2D eigenvalue weighted by atomic mass is 9.98. The van der Waals surface area contributed by atoms with E-state index in [9.17, 15) is 14.0 Å². The van der Waals surface area contributed by atoms with Gasteiger partial charge in [-0.15, -0.1) is 0 Å². The number of nitrogens with zero attached hydrogens (tertiary/aromatic N) is 1. The maximum atomic E-state index is 13.5. The Bertz CT molecular complexity index is 1740. The first-order valence-corrected chi connectivity index (χ1v) is 12.7. The molecule has 0 bridgehead atoms. The fourth-order valence-electron chi connectivity index (χ4n) is 4.96. The lowest BCUT2D eigenvalue weighted by Gasteiger charge is -2.29. The molecular formula is C31H26FN3O5. The summed E-state index contributed by atoms with van der Waals surface area (Å²) in [5, 5.41) is 3.45. The first kappa shape index (κ1) is 25.2. The van der Waals surface area contributed by atoms with E-state index in [1.807, 2.05) is 12.1 Å². The van der Waals surface area contributed by atoms with Gasteiger partial charge in [0.25, 0.3) is 11.8 Å². The summed E-state index contributed by atoms with van der Waals surface area (Å²) in [6, 6.07) is 20.4. The van der Waals surface area contributed by atoms with Crippen LogP contribution in [-0.4, -0.2) is 42.5 Å². The van der Waals surface area contributed by atoms with E-state index in [-0.39, 0.29) is 23.4 Å². The van der Waals surface area contributed by atoms with Crippen LogP contribution in [0.15, 0.2) is 77.2 Å². The predicted molar refractivity (Wildman–Crippen MR) is 148 cm³/mol. The smallest absolute Gasteiger partial charge is 0.289 e. The number of H-pyrrole nitrogens is 1. The van der Waals surface area contributed by atoms with Crippen molar-refractivity contribution in [2.24, 2.45) is 0 Å². The van der Waals surface area contributed by atoms with Crippen LogP contribution in [0.4, 0.5) is 10.1 Å². The first-order chi connectivity index (χ1) is 19.4. The zero-order chi connectivity index (χ0) is 27.8. The van der Waals surface area contributed by atoms with Crippen molar-refractivity contribution >= 4 is 28.4 Å². The Kier molecular flexibility index (Phi) is 6.47. The van der Waals surface area contributed by atoms with Crippen LogP contribution in [0.2, 0.25) is 0 Å². The molecule has 1 aliphatic heterocycles. The molecule has 0 fully saturated rings. The number of hydrogen-bond donors (Lipinski definition) is 2. The number of amides is 2. The van der Waals surface area contributed by atoms with Crippen LogP contribution in [0.25, 0.3) is 22.2 Å². The Morgan fingerprint density at radius 1 is 0.925 bits per heavy atom. The Morgan fingerprint density at radius 2 is 1.68 bits per heavy atom. The molecule has 2 amide bonds. The van der Waals surface area contributed by atoms with Crippen molar-refractivity contribution in [2.75, 3.05) is 26.1 Å². The molecule has 3 aromatic carbocycles. The molecule has 5 aromatic rings. The van der Waals surface area contributed by atoms with Crippen LogP contribution in [-0.2, 0) is 13.0 Å². The number of fused-ring (bicyclic) bond motifs is 2. The van der Waals surface area contributed by atoms with E-state index in [0.717, 1.165) is 16.7 Å². The van der Waals surface area contributed by atoms with Crippen molar-refractivity contribution in [1.29, 1.82) is 0 Å². The van der Waals surface area contributed by atoms with Crippen LogP contribution in [0.1, 0.15) is 32.2 Å². The number of aromatic nitrogens is 1. The highest BCUT2D eigenvalue weighted by atomic mass is 19.1. The van der Waals surface area contributed by atoms with Gasteiger partial charge in [-0.1, -0.05) is 0 Å².